The summed E-state index contributed by atoms with van der Waals surface area (Å²) in [6, 6.07) is 6.37. The number of anilines is 1. The van der Waals surface area contributed by atoms with Crippen LogP contribution in [0.4, 0.5) is 5.69 Å². The topological polar surface area (TPSA) is 47.6 Å². The van der Waals surface area contributed by atoms with Crippen LogP contribution in [0.25, 0.3) is 0 Å². The molecule has 8 heteroatoms. The van der Waals surface area contributed by atoms with E-state index in [1.54, 1.807) is 25.1 Å². The Balaban J connectivity index is 2.08. The normalized spacial score (nSPS) is 10.4. The average molecular weight is 409 g/mol. The van der Waals surface area contributed by atoms with Crippen molar-refractivity contribution in [1.29, 1.82) is 0 Å². The number of halogens is 4. The summed E-state index contributed by atoms with van der Waals surface area (Å²) in [7, 11) is 1.48. The molecule has 24 heavy (non-hydrogen) atoms. The first-order valence-electron chi connectivity index (χ1n) is 6.73. The fourth-order valence-corrected chi connectivity index (χ4v) is 2.92. The first kappa shape index (κ1) is 19.0. The Morgan fingerprint density at radius 2 is 1.83 bits per heavy atom. The van der Waals surface area contributed by atoms with E-state index >= 15 is 0 Å². The fourth-order valence-electron chi connectivity index (χ4n) is 1.89. The van der Waals surface area contributed by atoms with Crippen molar-refractivity contribution in [2.75, 3.05) is 19.0 Å². The summed E-state index contributed by atoms with van der Waals surface area (Å²) in [5, 5.41) is 4.08. The summed E-state index contributed by atoms with van der Waals surface area (Å²) in [4.78, 5) is 12.1. The number of rotatable bonds is 5. The SMILES string of the molecule is COc1cc(Cl)ccc1NC(=O)COc1c(Cl)cc(Cl)c(C)c1Cl. The molecule has 0 bridgehead atoms. The number of nitrogens with one attached hydrogen (secondary N) is 1. The highest BCUT2D eigenvalue weighted by molar-refractivity contribution is 6.41. The van der Waals surface area contributed by atoms with Gasteiger partial charge in [0.1, 0.15) is 5.75 Å². The van der Waals surface area contributed by atoms with Crippen LogP contribution in [0.15, 0.2) is 24.3 Å². The number of carbonyl (C=O) groups excluding carboxylic acids is 1. The molecule has 0 heterocycles. The van der Waals surface area contributed by atoms with Crippen molar-refractivity contribution in [3.63, 3.8) is 0 Å². The Morgan fingerprint density at radius 3 is 2.50 bits per heavy atom. The summed E-state index contributed by atoms with van der Waals surface area (Å²) in [6.45, 7) is 1.44. The molecular formula is C16H13Cl4NO3. The number of benzene rings is 2. The number of ether oxygens (including phenoxy) is 2. The first-order chi connectivity index (χ1) is 11.3. The number of carbonyl (C=O) groups is 1. The molecule has 1 N–H and O–H groups in total. The van der Waals surface area contributed by atoms with Crippen molar-refractivity contribution >= 4 is 58.0 Å². The van der Waals surface area contributed by atoms with Crippen LogP contribution in [0, 0.1) is 6.92 Å². The first-order valence-corrected chi connectivity index (χ1v) is 8.25. The predicted molar refractivity (Wildman–Crippen MR) is 98.3 cm³/mol. The second-order valence-electron chi connectivity index (χ2n) is 4.79. The number of amides is 1. The van der Waals surface area contributed by atoms with Crippen LogP contribution < -0.4 is 14.8 Å². The molecule has 0 aromatic heterocycles. The lowest BCUT2D eigenvalue weighted by Gasteiger charge is -2.14. The van der Waals surface area contributed by atoms with Crippen LogP contribution in [-0.2, 0) is 4.79 Å². The van der Waals surface area contributed by atoms with E-state index in [9.17, 15) is 4.79 Å². The third kappa shape index (κ3) is 4.39. The van der Waals surface area contributed by atoms with Gasteiger partial charge in [-0.1, -0.05) is 46.4 Å². The minimum absolute atomic E-state index is 0.207. The van der Waals surface area contributed by atoms with E-state index in [1.807, 2.05) is 0 Å². The van der Waals surface area contributed by atoms with Crippen LogP contribution in [0.1, 0.15) is 5.56 Å². The molecule has 2 rings (SSSR count). The number of hydrogen-bond donors (Lipinski definition) is 1. The van der Waals surface area contributed by atoms with Crippen LogP contribution >= 0.6 is 46.4 Å². The molecule has 0 spiro atoms. The summed E-state index contributed by atoms with van der Waals surface area (Å²) in [6.07, 6.45) is 0. The predicted octanol–water partition coefficient (Wildman–Crippen LogP) is 5.63. The van der Waals surface area contributed by atoms with Gasteiger partial charge in [-0.3, -0.25) is 4.79 Å². The van der Waals surface area contributed by atoms with Crippen molar-refractivity contribution < 1.29 is 14.3 Å². The molecule has 0 atom stereocenters. The van der Waals surface area contributed by atoms with Gasteiger partial charge in [-0.25, -0.2) is 0 Å². The highest BCUT2D eigenvalue weighted by atomic mass is 35.5. The standard InChI is InChI=1S/C16H13Cl4NO3/c1-8-10(18)6-11(19)16(15(8)20)24-7-14(22)21-12-4-3-9(17)5-13(12)23-2/h3-6H,7H2,1-2H3,(H,21,22). The lowest BCUT2D eigenvalue weighted by molar-refractivity contribution is -0.118. The van der Waals surface area contributed by atoms with Crippen molar-refractivity contribution in [1.82, 2.24) is 0 Å². The maximum Gasteiger partial charge on any atom is 0.262 e. The average Bonchev–Trinajstić information content (AvgIpc) is 2.54. The lowest BCUT2D eigenvalue weighted by atomic mass is 10.2. The molecular weight excluding hydrogens is 396 g/mol. The second kappa shape index (κ2) is 8.17. The van der Waals surface area contributed by atoms with Gasteiger partial charge >= 0.3 is 0 Å². The van der Waals surface area contributed by atoms with Crippen molar-refractivity contribution in [3.8, 4) is 11.5 Å². The second-order valence-corrected chi connectivity index (χ2v) is 6.42. The van der Waals surface area contributed by atoms with Gasteiger partial charge in [0.05, 0.1) is 22.8 Å². The van der Waals surface area contributed by atoms with E-state index in [0.29, 0.717) is 27.0 Å². The van der Waals surface area contributed by atoms with E-state index in [2.05, 4.69) is 5.32 Å². The van der Waals surface area contributed by atoms with Crippen LogP contribution in [0.3, 0.4) is 0 Å². The van der Waals surface area contributed by atoms with Gasteiger partial charge in [-0.2, -0.15) is 0 Å². The fraction of sp³-hybridized carbons (Fsp3) is 0.188. The minimum atomic E-state index is -0.407. The van der Waals surface area contributed by atoms with Gasteiger partial charge in [-0.15, -0.1) is 0 Å². The minimum Gasteiger partial charge on any atom is -0.495 e. The van der Waals surface area contributed by atoms with Gasteiger partial charge in [-0.05, 0) is 30.7 Å². The Kier molecular flexibility index (Phi) is 6.47. The summed E-state index contributed by atoms with van der Waals surface area (Å²) < 4.78 is 10.6. The van der Waals surface area contributed by atoms with E-state index in [0.717, 1.165) is 0 Å². The third-order valence-electron chi connectivity index (χ3n) is 3.14. The maximum absolute atomic E-state index is 12.1. The molecule has 2 aromatic carbocycles. The Morgan fingerprint density at radius 1 is 1.12 bits per heavy atom. The molecule has 4 nitrogen and oxygen atoms in total. The molecule has 1 amide bonds. The van der Waals surface area contributed by atoms with Gasteiger partial charge in [0, 0.05) is 16.1 Å². The van der Waals surface area contributed by atoms with Crippen molar-refractivity contribution in [2.24, 2.45) is 0 Å². The van der Waals surface area contributed by atoms with Crippen molar-refractivity contribution in [2.45, 2.75) is 6.92 Å². The zero-order valence-corrected chi connectivity index (χ0v) is 15.8. The Labute approximate surface area is 159 Å². The van der Waals surface area contributed by atoms with Crippen molar-refractivity contribution in [3.05, 3.63) is 49.9 Å². The zero-order chi connectivity index (χ0) is 17.9. The van der Waals surface area contributed by atoms with E-state index in [-0.39, 0.29) is 22.4 Å². The molecule has 0 aliphatic rings. The zero-order valence-electron chi connectivity index (χ0n) is 12.8. The smallest absolute Gasteiger partial charge is 0.262 e. The summed E-state index contributed by atoms with van der Waals surface area (Å²) in [5.41, 5.74) is 1.09. The summed E-state index contributed by atoms with van der Waals surface area (Å²) >= 11 is 24.1. The molecule has 0 aliphatic carbocycles. The van der Waals surface area contributed by atoms with Gasteiger partial charge in [0.2, 0.25) is 0 Å². The highest BCUT2D eigenvalue weighted by Gasteiger charge is 2.15. The molecule has 0 radical (unpaired) electrons. The van der Waals surface area contributed by atoms with Crippen LogP contribution in [-0.4, -0.2) is 19.6 Å². The van der Waals surface area contributed by atoms with E-state index < -0.39 is 5.91 Å². The molecule has 0 unspecified atom stereocenters. The Bertz CT molecular complexity index is 780. The Hall–Kier alpha value is -1.33. The van der Waals surface area contributed by atoms with Gasteiger partial charge in [0.25, 0.3) is 5.91 Å². The van der Waals surface area contributed by atoms with Gasteiger partial charge < -0.3 is 14.8 Å². The van der Waals surface area contributed by atoms with Crippen LogP contribution in [0.5, 0.6) is 11.5 Å². The van der Waals surface area contributed by atoms with E-state index in [4.69, 9.17) is 55.9 Å². The molecule has 0 aliphatic heterocycles. The molecule has 0 saturated carbocycles. The monoisotopic (exact) mass is 407 g/mol. The summed E-state index contributed by atoms with van der Waals surface area (Å²) in [5.74, 6) is 0.239. The maximum atomic E-state index is 12.1. The van der Waals surface area contributed by atoms with E-state index in [1.165, 1.54) is 13.2 Å². The largest absolute Gasteiger partial charge is 0.495 e. The molecule has 0 saturated heterocycles. The number of methoxy groups -OCH3 is 1. The molecule has 128 valence electrons. The highest BCUT2D eigenvalue weighted by Crippen LogP contribution is 2.39. The van der Waals surface area contributed by atoms with Crippen LogP contribution in [0.2, 0.25) is 20.1 Å². The molecule has 0 fully saturated rings. The third-order valence-corrected chi connectivity index (χ3v) is 4.51. The lowest BCUT2D eigenvalue weighted by Crippen LogP contribution is -2.20. The van der Waals surface area contributed by atoms with Gasteiger partial charge in [0.15, 0.2) is 12.4 Å². The quantitative estimate of drug-likeness (QED) is 0.696. The molecule has 2 aromatic rings. The number of hydrogen-bond acceptors (Lipinski definition) is 3.